The lowest BCUT2D eigenvalue weighted by molar-refractivity contribution is -0.0698. The summed E-state index contributed by atoms with van der Waals surface area (Å²) in [6, 6.07) is 7.90. The lowest BCUT2D eigenvalue weighted by Crippen LogP contribution is -2.58. The molecule has 2 amide bonds. The second-order valence-corrected chi connectivity index (χ2v) is 5.22. The van der Waals surface area contributed by atoms with Crippen molar-refractivity contribution >= 4 is 11.7 Å². The number of fused-ring (bicyclic) bond motifs is 3. The molecule has 4 rings (SSSR count). The van der Waals surface area contributed by atoms with Crippen LogP contribution in [-0.2, 0) is 0 Å². The van der Waals surface area contributed by atoms with Gasteiger partial charge < -0.3 is 5.32 Å². The largest absolute Gasteiger partial charge is 0.336 e. The predicted octanol–water partition coefficient (Wildman–Crippen LogP) is 2.47. The Morgan fingerprint density at radius 2 is 2.00 bits per heavy atom. The molecule has 0 spiro atoms. The first-order chi connectivity index (χ1) is 8.74. The third-order valence-electron chi connectivity index (χ3n) is 3.98. The molecule has 3 saturated heterocycles. The molecule has 4 nitrogen and oxygen atoms in total. The zero-order chi connectivity index (χ0) is 12.5. The fraction of sp³-hybridized carbons (Fsp3) is 0.500. The number of anilines is 1. The van der Waals surface area contributed by atoms with Crippen LogP contribution in [0.5, 0.6) is 0 Å². The Hall–Kier alpha value is -1.55. The molecule has 1 aromatic rings. The number of urea groups is 1. The molecular formula is C14H19N3O. The fourth-order valence-electron chi connectivity index (χ4n) is 2.81. The number of para-hydroxylation sites is 1. The van der Waals surface area contributed by atoms with Gasteiger partial charge in [-0.2, -0.15) is 0 Å². The van der Waals surface area contributed by atoms with E-state index in [0.717, 1.165) is 30.9 Å². The van der Waals surface area contributed by atoms with Crippen LogP contribution in [-0.4, -0.2) is 35.7 Å². The van der Waals surface area contributed by atoms with Gasteiger partial charge >= 0.3 is 6.03 Å². The summed E-state index contributed by atoms with van der Waals surface area (Å²) >= 11 is 0. The number of hydrogen-bond acceptors (Lipinski definition) is 2. The van der Waals surface area contributed by atoms with Crippen LogP contribution < -0.4 is 5.32 Å². The molecule has 0 aromatic heterocycles. The molecule has 3 fully saturated rings. The average molecular weight is 245 g/mol. The number of amides is 2. The molecule has 96 valence electrons. The molecule has 18 heavy (non-hydrogen) atoms. The Labute approximate surface area is 108 Å². The van der Waals surface area contributed by atoms with Gasteiger partial charge in [0, 0.05) is 25.3 Å². The molecule has 1 aromatic carbocycles. The Morgan fingerprint density at radius 3 is 2.61 bits per heavy atom. The van der Waals surface area contributed by atoms with E-state index in [1.54, 1.807) is 0 Å². The molecule has 0 saturated carbocycles. The highest BCUT2D eigenvalue weighted by molar-refractivity contribution is 5.89. The quantitative estimate of drug-likeness (QED) is 0.825. The number of hydrogen-bond donors (Lipinski definition) is 1. The minimum absolute atomic E-state index is 0.00806. The zero-order valence-corrected chi connectivity index (χ0v) is 10.7. The van der Waals surface area contributed by atoms with Crippen molar-refractivity contribution in [2.45, 2.75) is 19.8 Å². The SMILES string of the molecule is Cc1ccccc1NC(=O)N1CC2CCN1CC2. The molecule has 0 unspecified atom stereocenters. The van der Waals surface area contributed by atoms with E-state index in [1.165, 1.54) is 12.8 Å². The molecule has 3 heterocycles. The first kappa shape index (κ1) is 11.5. The van der Waals surface area contributed by atoms with Gasteiger partial charge in [-0.05, 0) is 37.3 Å². The number of rotatable bonds is 1. The lowest BCUT2D eigenvalue weighted by Gasteiger charge is -2.47. The first-order valence-corrected chi connectivity index (χ1v) is 6.63. The molecule has 2 bridgehead atoms. The number of carbonyl (C=O) groups excluding carboxylic acids is 1. The number of nitrogens with one attached hydrogen (secondary N) is 1. The number of hydrazine groups is 1. The third-order valence-corrected chi connectivity index (χ3v) is 3.98. The van der Waals surface area contributed by atoms with Crippen molar-refractivity contribution in [2.75, 3.05) is 25.0 Å². The van der Waals surface area contributed by atoms with E-state index in [1.807, 2.05) is 36.2 Å². The van der Waals surface area contributed by atoms with Gasteiger partial charge in [0.2, 0.25) is 0 Å². The van der Waals surface area contributed by atoms with E-state index >= 15 is 0 Å². The van der Waals surface area contributed by atoms with Crippen molar-refractivity contribution in [3.63, 3.8) is 0 Å². The summed E-state index contributed by atoms with van der Waals surface area (Å²) in [6.07, 6.45) is 2.46. The van der Waals surface area contributed by atoms with E-state index in [2.05, 4.69) is 10.3 Å². The highest BCUT2D eigenvalue weighted by atomic mass is 16.2. The van der Waals surface area contributed by atoms with Crippen LogP contribution in [0.25, 0.3) is 0 Å². The number of carbonyl (C=O) groups is 1. The predicted molar refractivity (Wildman–Crippen MR) is 71.2 cm³/mol. The summed E-state index contributed by atoms with van der Waals surface area (Å²) < 4.78 is 0. The van der Waals surface area contributed by atoms with Crippen molar-refractivity contribution in [3.05, 3.63) is 29.8 Å². The summed E-state index contributed by atoms with van der Waals surface area (Å²) in [6.45, 7) is 4.92. The number of benzene rings is 1. The van der Waals surface area contributed by atoms with Gasteiger partial charge in [-0.1, -0.05) is 18.2 Å². The topological polar surface area (TPSA) is 35.6 Å². The Bertz CT molecular complexity index is 452. The van der Waals surface area contributed by atoms with Crippen LogP contribution in [0, 0.1) is 12.8 Å². The third kappa shape index (κ3) is 2.08. The van der Waals surface area contributed by atoms with Crippen LogP contribution in [0.1, 0.15) is 18.4 Å². The van der Waals surface area contributed by atoms with Crippen LogP contribution in [0.3, 0.4) is 0 Å². The minimum Gasteiger partial charge on any atom is -0.306 e. The molecule has 0 aliphatic carbocycles. The second-order valence-electron chi connectivity index (χ2n) is 5.22. The lowest BCUT2D eigenvalue weighted by atomic mass is 9.94. The molecular weight excluding hydrogens is 226 g/mol. The van der Waals surface area contributed by atoms with Gasteiger partial charge in [-0.3, -0.25) is 5.01 Å². The summed E-state index contributed by atoms with van der Waals surface area (Å²) in [4.78, 5) is 12.3. The summed E-state index contributed by atoms with van der Waals surface area (Å²) in [5.41, 5.74) is 2.01. The Balaban J connectivity index is 1.70. The van der Waals surface area contributed by atoms with E-state index in [-0.39, 0.29) is 6.03 Å². The van der Waals surface area contributed by atoms with Gasteiger partial charge in [-0.25, -0.2) is 9.80 Å². The van der Waals surface area contributed by atoms with Crippen LogP contribution >= 0.6 is 0 Å². The Kier molecular flexibility index (Phi) is 2.96. The van der Waals surface area contributed by atoms with Crippen LogP contribution in [0.15, 0.2) is 24.3 Å². The van der Waals surface area contributed by atoms with Gasteiger partial charge in [-0.15, -0.1) is 0 Å². The van der Waals surface area contributed by atoms with Gasteiger partial charge in [0.15, 0.2) is 0 Å². The van der Waals surface area contributed by atoms with Crippen molar-refractivity contribution < 1.29 is 4.79 Å². The normalized spacial score (nSPS) is 26.2. The molecule has 1 N–H and O–H groups in total. The van der Waals surface area contributed by atoms with Gasteiger partial charge in [0.05, 0.1) is 0 Å². The molecule has 0 atom stereocenters. The monoisotopic (exact) mass is 245 g/mol. The van der Waals surface area contributed by atoms with Crippen molar-refractivity contribution in [3.8, 4) is 0 Å². The first-order valence-electron chi connectivity index (χ1n) is 6.63. The summed E-state index contributed by atoms with van der Waals surface area (Å²) in [7, 11) is 0. The van der Waals surface area contributed by atoms with E-state index in [0.29, 0.717) is 5.92 Å². The standard InChI is InChI=1S/C14H19N3O/c1-11-4-2-3-5-13(11)15-14(18)17-10-12-6-8-16(17)9-7-12/h2-5,12H,6-10H2,1H3,(H,15,18). The highest BCUT2D eigenvalue weighted by Gasteiger charge is 2.34. The molecule has 0 radical (unpaired) electrons. The van der Waals surface area contributed by atoms with Gasteiger partial charge in [0.1, 0.15) is 0 Å². The molecule has 3 aliphatic heterocycles. The summed E-state index contributed by atoms with van der Waals surface area (Å²) in [5, 5.41) is 7.06. The highest BCUT2D eigenvalue weighted by Crippen LogP contribution is 2.27. The smallest absolute Gasteiger partial charge is 0.306 e. The second kappa shape index (κ2) is 4.61. The maximum atomic E-state index is 12.3. The molecule has 4 heteroatoms. The van der Waals surface area contributed by atoms with E-state index in [9.17, 15) is 4.79 Å². The average Bonchev–Trinajstić information content (AvgIpc) is 2.42. The molecule has 3 aliphatic rings. The van der Waals surface area contributed by atoms with Crippen LogP contribution in [0.4, 0.5) is 10.5 Å². The summed E-state index contributed by atoms with van der Waals surface area (Å²) in [5.74, 6) is 0.692. The van der Waals surface area contributed by atoms with Crippen LogP contribution in [0.2, 0.25) is 0 Å². The van der Waals surface area contributed by atoms with Crippen molar-refractivity contribution in [1.29, 1.82) is 0 Å². The van der Waals surface area contributed by atoms with E-state index < -0.39 is 0 Å². The maximum Gasteiger partial charge on any atom is 0.336 e. The fourth-order valence-corrected chi connectivity index (χ4v) is 2.81. The van der Waals surface area contributed by atoms with Crippen molar-refractivity contribution in [1.82, 2.24) is 10.0 Å². The Morgan fingerprint density at radius 1 is 1.28 bits per heavy atom. The van der Waals surface area contributed by atoms with Crippen molar-refractivity contribution in [2.24, 2.45) is 5.92 Å². The number of nitrogens with zero attached hydrogens (tertiary/aromatic N) is 2. The maximum absolute atomic E-state index is 12.3. The zero-order valence-electron chi connectivity index (χ0n) is 10.7. The van der Waals surface area contributed by atoms with Gasteiger partial charge in [0.25, 0.3) is 0 Å². The minimum atomic E-state index is 0.00806. The number of aryl methyl sites for hydroxylation is 1. The van der Waals surface area contributed by atoms with E-state index in [4.69, 9.17) is 0 Å². The number of piperidine rings is 1.